The van der Waals surface area contributed by atoms with E-state index in [1.807, 2.05) is 36.4 Å². The van der Waals surface area contributed by atoms with Crippen LogP contribution >= 0.6 is 11.8 Å². The fourth-order valence-corrected chi connectivity index (χ4v) is 4.56. The van der Waals surface area contributed by atoms with Gasteiger partial charge in [-0.1, -0.05) is 48.5 Å². The predicted molar refractivity (Wildman–Crippen MR) is 127 cm³/mol. The van der Waals surface area contributed by atoms with Crippen LogP contribution in [0.5, 0.6) is 0 Å². The summed E-state index contributed by atoms with van der Waals surface area (Å²) in [7, 11) is 3.17. The number of thioether (sulfide) groups is 1. The van der Waals surface area contributed by atoms with Gasteiger partial charge < -0.3 is 14.7 Å². The molecular formula is C25H22N2O5S. The third kappa shape index (κ3) is 4.70. The quantitative estimate of drug-likeness (QED) is 0.485. The average Bonchev–Trinajstić information content (AvgIpc) is 3.12. The van der Waals surface area contributed by atoms with E-state index in [-0.39, 0.29) is 29.0 Å². The Morgan fingerprint density at radius 1 is 0.970 bits per heavy atom. The van der Waals surface area contributed by atoms with Crippen molar-refractivity contribution in [3.63, 3.8) is 0 Å². The number of rotatable bonds is 5. The number of carboxylic acids is 1. The van der Waals surface area contributed by atoms with Crippen LogP contribution in [0.15, 0.2) is 71.6 Å². The first-order valence-corrected chi connectivity index (χ1v) is 11.0. The van der Waals surface area contributed by atoms with E-state index in [1.165, 1.54) is 17.0 Å². The van der Waals surface area contributed by atoms with Crippen molar-refractivity contribution in [3.05, 3.63) is 83.4 Å². The highest BCUT2D eigenvalue weighted by molar-refractivity contribution is 8.13. The van der Waals surface area contributed by atoms with E-state index in [4.69, 9.17) is 4.74 Å². The summed E-state index contributed by atoms with van der Waals surface area (Å²) in [6.07, 6.45) is -0.682. The average molecular weight is 463 g/mol. The number of fused-ring (bicyclic) bond motifs is 3. The predicted octanol–water partition coefficient (Wildman–Crippen LogP) is 5.52. The Morgan fingerprint density at radius 2 is 1.58 bits per heavy atom. The van der Waals surface area contributed by atoms with Gasteiger partial charge in [-0.3, -0.25) is 10.1 Å². The molecule has 0 bridgehead atoms. The van der Waals surface area contributed by atoms with Crippen LogP contribution in [0.3, 0.4) is 0 Å². The number of nitrogens with zero attached hydrogens (tertiary/aromatic N) is 1. The first kappa shape index (κ1) is 22.4. The van der Waals surface area contributed by atoms with Gasteiger partial charge in [0.1, 0.15) is 6.61 Å². The van der Waals surface area contributed by atoms with Gasteiger partial charge in [-0.25, -0.2) is 9.59 Å². The molecule has 0 aliphatic heterocycles. The van der Waals surface area contributed by atoms with Crippen molar-refractivity contribution in [3.8, 4) is 11.1 Å². The molecule has 0 saturated heterocycles. The molecule has 3 aromatic rings. The fourth-order valence-electron chi connectivity index (χ4n) is 3.80. The van der Waals surface area contributed by atoms with E-state index in [0.717, 1.165) is 34.0 Å². The molecule has 4 rings (SSSR count). The lowest BCUT2D eigenvalue weighted by Gasteiger charge is -2.15. The number of carbonyl (C=O) groups excluding carboxylic acids is 2. The van der Waals surface area contributed by atoms with Gasteiger partial charge in [-0.2, -0.15) is 0 Å². The summed E-state index contributed by atoms with van der Waals surface area (Å²) in [5, 5.41) is 11.8. The molecule has 0 heterocycles. The second-order valence-electron chi connectivity index (χ2n) is 7.73. The number of hydrogen-bond acceptors (Lipinski definition) is 5. The highest BCUT2D eigenvalue weighted by atomic mass is 32.2. The lowest BCUT2D eigenvalue weighted by atomic mass is 9.98. The second-order valence-corrected chi connectivity index (χ2v) is 8.72. The maximum atomic E-state index is 12.5. The van der Waals surface area contributed by atoms with Crippen molar-refractivity contribution < 1.29 is 24.2 Å². The number of carboxylic acid groups (broad SMARTS) is 1. The minimum atomic E-state index is -1.19. The van der Waals surface area contributed by atoms with Gasteiger partial charge in [0.2, 0.25) is 0 Å². The largest absolute Gasteiger partial charge is 0.478 e. The van der Waals surface area contributed by atoms with Crippen LogP contribution in [0.1, 0.15) is 27.4 Å². The molecular weight excluding hydrogens is 440 g/mol. The lowest BCUT2D eigenvalue weighted by Crippen LogP contribution is -2.18. The maximum absolute atomic E-state index is 12.5. The van der Waals surface area contributed by atoms with E-state index >= 15 is 0 Å². The number of carbonyl (C=O) groups is 3. The third-order valence-corrected chi connectivity index (χ3v) is 6.48. The van der Waals surface area contributed by atoms with Crippen LogP contribution < -0.4 is 5.32 Å². The summed E-state index contributed by atoms with van der Waals surface area (Å²) in [6.45, 7) is 0.150. The van der Waals surface area contributed by atoms with Gasteiger partial charge in [0.05, 0.1) is 5.56 Å². The monoisotopic (exact) mass is 462 g/mol. The summed E-state index contributed by atoms with van der Waals surface area (Å²) < 4.78 is 5.51. The summed E-state index contributed by atoms with van der Waals surface area (Å²) in [5.74, 6) is -1.27. The molecule has 0 radical (unpaired) electrons. The molecule has 0 aromatic heterocycles. The number of hydrogen-bond donors (Lipinski definition) is 2. The maximum Gasteiger partial charge on any atom is 0.411 e. The van der Waals surface area contributed by atoms with E-state index in [9.17, 15) is 19.5 Å². The topological polar surface area (TPSA) is 95.9 Å². The number of aromatic carboxylic acids is 1. The second kappa shape index (κ2) is 9.38. The highest BCUT2D eigenvalue weighted by Crippen LogP contribution is 2.44. The van der Waals surface area contributed by atoms with E-state index < -0.39 is 12.1 Å². The van der Waals surface area contributed by atoms with Crippen molar-refractivity contribution in [2.45, 2.75) is 10.8 Å². The molecule has 0 saturated carbocycles. The third-order valence-electron chi connectivity index (χ3n) is 5.36. The summed E-state index contributed by atoms with van der Waals surface area (Å²) in [5.41, 5.74) is 4.67. The van der Waals surface area contributed by atoms with Gasteiger partial charge in [-0.05, 0) is 52.2 Å². The van der Waals surface area contributed by atoms with Crippen molar-refractivity contribution >= 4 is 34.8 Å². The normalized spacial score (nSPS) is 11.9. The molecule has 1 aliphatic carbocycles. The van der Waals surface area contributed by atoms with Gasteiger partial charge in [-0.15, -0.1) is 0 Å². The Bertz CT molecular complexity index is 1200. The van der Waals surface area contributed by atoms with Gasteiger partial charge in [0.15, 0.2) is 0 Å². The van der Waals surface area contributed by atoms with Crippen molar-refractivity contribution in [1.82, 2.24) is 4.90 Å². The van der Waals surface area contributed by atoms with E-state index in [1.54, 1.807) is 20.2 Å². The van der Waals surface area contributed by atoms with Crippen LogP contribution in [-0.4, -0.2) is 48.0 Å². The molecule has 2 N–H and O–H groups in total. The van der Waals surface area contributed by atoms with Crippen LogP contribution in [0.25, 0.3) is 11.1 Å². The van der Waals surface area contributed by atoms with Gasteiger partial charge in [0, 0.05) is 30.6 Å². The van der Waals surface area contributed by atoms with Crippen molar-refractivity contribution in [2.75, 3.05) is 26.0 Å². The molecule has 0 fully saturated rings. The molecule has 8 heteroatoms. The summed E-state index contributed by atoms with van der Waals surface area (Å²) in [4.78, 5) is 37.7. The Balaban J connectivity index is 1.46. The van der Waals surface area contributed by atoms with Crippen molar-refractivity contribution in [2.24, 2.45) is 0 Å². The van der Waals surface area contributed by atoms with Crippen molar-refractivity contribution in [1.29, 1.82) is 0 Å². The zero-order chi connectivity index (χ0) is 23.5. The zero-order valence-electron chi connectivity index (χ0n) is 18.1. The first-order valence-electron chi connectivity index (χ1n) is 10.2. The first-order chi connectivity index (χ1) is 15.8. The number of benzene rings is 3. The van der Waals surface area contributed by atoms with Gasteiger partial charge >= 0.3 is 12.1 Å². The molecule has 0 spiro atoms. The highest BCUT2D eigenvalue weighted by Gasteiger charge is 2.29. The smallest absolute Gasteiger partial charge is 0.411 e. The Morgan fingerprint density at radius 3 is 2.15 bits per heavy atom. The number of ether oxygens (including phenoxy) is 1. The van der Waals surface area contributed by atoms with Crippen LogP contribution in [0, 0.1) is 0 Å². The molecule has 1 aliphatic rings. The van der Waals surface area contributed by atoms with E-state index in [2.05, 4.69) is 17.4 Å². The van der Waals surface area contributed by atoms with E-state index in [0.29, 0.717) is 4.90 Å². The molecule has 2 amide bonds. The van der Waals surface area contributed by atoms with Crippen LogP contribution in [0.4, 0.5) is 15.3 Å². The number of amides is 2. The molecule has 33 heavy (non-hydrogen) atoms. The Labute approximate surface area is 195 Å². The lowest BCUT2D eigenvalue weighted by molar-refractivity contribution is 0.0693. The molecule has 168 valence electrons. The number of nitrogens with one attached hydrogen (secondary N) is 1. The summed E-state index contributed by atoms with van der Waals surface area (Å²) in [6, 6.07) is 20.4. The number of anilines is 1. The summed E-state index contributed by atoms with van der Waals surface area (Å²) >= 11 is 0.810. The molecule has 3 aromatic carbocycles. The Hall–Kier alpha value is -3.78. The van der Waals surface area contributed by atoms with Gasteiger partial charge in [0.25, 0.3) is 5.24 Å². The standard InChI is InChI=1S/C25H22N2O5S/c1-27(2)25(31)33-22-12-11-15(13-20(22)23(28)29)26-24(30)32-14-21-18-9-5-3-7-16(18)17-8-4-6-10-19(17)21/h3-13,21H,14H2,1-2H3,(H,26,30)(H,28,29). The van der Waals surface area contributed by atoms with Crippen LogP contribution in [0.2, 0.25) is 0 Å². The molecule has 0 unspecified atom stereocenters. The fraction of sp³-hybridized carbons (Fsp3) is 0.160. The minimum absolute atomic E-state index is 0.0754. The minimum Gasteiger partial charge on any atom is -0.478 e. The zero-order valence-corrected chi connectivity index (χ0v) is 18.9. The Kier molecular flexibility index (Phi) is 6.37. The SMILES string of the molecule is CN(C)C(=O)Sc1ccc(NC(=O)OCC2c3ccccc3-c3ccccc32)cc1C(=O)O. The van der Waals surface area contributed by atoms with Crippen LogP contribution in [-0.2, 0) is 4.74 Å². The molecule has 0 atom stereocenters. The molecule has 7 nitrogen and oxygen atoms in total.